The fraction of sp³-hybridized carbons (Fsp3) is 0.222. The fourth-order valence-electron chi connectivity index (χ4n) is 2.83. The SMILES string of the molecule is O=C(c1cccnc1)N1CC(c2nc(-c3cccc(C(F)(F)F)c3)no2)C1. The van der Waals surface area contributed by atoms with Crippen molar-refractivity contribution in [1.29, 1.82) is 0 Å². The van der Waals surface area contributed by atoms with Crippen molar-refractivity contribution in [3.63, 3.8) is 0 Å². The van der Waals surface area contributed by atoms with Gasteiger partial charge < -0.3 is 9.42 Å². The van der Waals surface area contributed by atoms with E-state index in [1.54, 1.807) is 23.2 Å². The predicted octanol–water partition coefficient (Wildman–Crippen LogP) is 3.39. The number of pyridine rings is 1. The number of carbonyl (C=O) groups excluding carboxylic acids is 1. The molecule has 6 nitrogen and oxygen atoms in total. The average Bonchev–Trinajstić information content (AvgIpc) is 3.10. The Bertz CT molecular complexity index is 966. The molecule has 2 aromatic heterocycles. The quantitative estimate of drug-likeness (QED) is 0.703. The molecule has 1 fully saturated rings. The monoisotopic (exact) mass is 374 g/mol. The molecule has 1 amide bonds. The Morgan fingerprint density at radius 1 is 1.19 bits per heavy atom. The molecule has 27 heavy (non-hydrogen) atoms. The number of nitrogens with zero attached hydrogens (tertiary/aromatic N) is 4. The van der Waals surface area contributed by atoms with Gasteiger partial charge in [-0.25, -0.2) is 0 Å². The van der Waals surface area contributed by atoms with Crippen molar-refractivity contribution in [1.82, 2.24) is 20.0 Å². The predicted molar refractivity (Wildman–Crippen MR) is 87.6 cm³/mol. The molecule has 0 aliphatic carbocycles. The van der Waals surface area contributed by atoms with E-state index in [0.29, 0.717) is 24.5 Å². The van der Waals surface area contributed by atoms with Crippen molar-refractivity contribution in [2.45, 2.75) is 12.1 Å². The molecule has 0 radical (unpaired) electrons. The van der Waals surface area contributed by atoms with Gasteiger partial charge in [0.15, 0.2) is 0 Å². The lowest BCUT2D eigenvalue weighted by atomic mass is 9.99. The van der Waals surface area contributed by atoms with E-state index in [1.165, 1.54) is 18.3 Å². The molecular formula is C18H13F3N4O2. The molecule has 0 spiro atoms. The summed E-state index contributed by atoms with van der Waals surface area (Å²) in [7, 11) is 0. The number of alkyl halides is 3. The summed E-state index contributed by atoms with van der Waals surface area (Å²) in [5.41, 5.74) is -0.0585. The van der Waals surface area contributed by atoms with Crippen molar-refractivity contribution >= 4 is 5.91 Å². The van der Waals surface area contributed by atoms with Crippen LogP contribution in [-0.2, 0) is 6.18 Å². The van der Waals surface area contributed by atoms with Crippen LogP contribution in [-0.4, -0.2) is 39.0 Å². The third kappa shape index (κ3) is 3.40. The molecule has 0 atom stereocenters. The van der Waals surface area contributed by atoms with Crippen LogP contribution in [0.25, 0.3) is 11.4 Å². The van der Waals surface area contributed by atoms with Crippen LogP contribution in [0.5, 0.6) is 0 Å². The molecule has 3 aromatic rings. The topological polar surface area (TPSA) is 72.1 Å². The summed E-state index contributed by atoms with van der Waals surface area (Å²) in [6.07, 6.45) is -1.36. The van der Waals surface area contributed by atoms with E-state index in [1.807, 2.05) is 0 Å². The van der Waals surface area contributed by atoms with Gasteiger partial charge in [-0.2, -0.15) is 18.2 Å². The smallest absolute Gasteiger partial charge is 0.339 e. The lowest BCUT2D eigenvalue weighted by Crippen LogP contribution is -2.48. The molecule has 1 aliphatic heterocycles. The van der Waals surface area contributed by atoms with Gasteiger partial charge >= 0.3 is 6.18 Å². The highest BCUT2D eigenvalue weighted by Crippen LogP contribution is 2.32. The van der Waals surface area contributed by atoms with Crippen LogP contribution in [0, 0.1) is 0 Å². The molecule has 0 saturated carbocycles. The van der Waals surface area contributed by atoms with Crippen LogP contribution in [0.1, 0.15) is 27.7 Å². The number of carbonyl (C=O) groups is 1. The van der Waals surface area contributed by atoms with Gasteiger partial charge in [-0.3, -0.25) is 9.78 Å². The molecule has 9 heteroatoms. The largest absolute Gasteiger partial charge is 0.416 e. The molecule has 3 heterocycles. The van der Waals surface area contributed by atoms with Crippen molar-refractivity contribution < 1.29 is 22.5 Å². The normalized spacial score (nSPS) is 14.9. The first-order valence-corrected chi connectivity index (χ1v) is 8.12. The van der Waals surface area contributed by atoms with E-state index in [2.05, 4.69) is 15.1 Å². The number of likely N-dealkylation sites (tertiary alicyclic amines) is 1. The van der Waals surface area contributed by atoms with Crippen LogP contribution in [0.15, 0.2) is 53.3 Å². The summed E-state index contributed by atoms with van der Waals surface area (Å²) >= 11 is 0. The van der Waals surface area contributed by atoms with Gasteiger partial charge in [-0.15, -0.1) is 0 Å². The Labute approximate surface area is 151 Å². The number of halogens is 3. The summed E-state index contributed by atoms with van der Waals surface area (Å²) in [5.74, 6) is 0.112. The molecule has 0 unspecified atom stereocenters. The van der Waals surface area contributed by atoms with Gasteiger partial charge in [0.25, 0.3) is 5.91 Å². The Balaban J connectivity index is 1.45. The van der Waals surface area contributed by atoms with Crippen LogP contribution in [0.2, 0.25) is 0 Å². The second-order valence-corrected chi connectivity index (χ2v) is 6.18. The maximum atomic E-state index is 12.8. The number of benzene rings is 1. The van der Waals surface area contributed by atoms with Gasteiger partial charge in [0.05, 0.1) is 17.0 Å². The molecule has 1 aromatic carbocycles. The first-order valence-electron chi connectivity index (χ1n) is 8.12. The van der Waals surface area contributed by atoms with E-state index in [-0.39, 0.29) is 23.2 Å². The highest BCUT2D eigenvalue weighted by Gasteiger charge is 2.36. The number of hydrogen-bond donors (Lipinski definition) is 0. The zero-order valence-electron chi connectivity index (χ0n) is 13.8. The molecule has 138 valence electrons. The van der Waals surface area contributed by atoms with E-state index in [4.69, 9.17) is 4.52 Å². The lowest BCUT2D eigenvalue weighted by Gasteiger charge is -2.37. The van der Waals surface area contributed by atoms with Crippen molar-refractivity contribution in [2.75, 3.05) is 13.1 Å². The minimum atomic E-state index is -4.44. The standard InChI is InChI=1S/C18H13F3N4O2/c19-18(20,21)14-5-1-3-11(7-14)15-23-16(27-24-15)13-9-25(10-13)17(26)12-4-2-6-22-8-12/h1-8,13H,9-10H2. The first kappa shape index (κ1) is 17.2. The van der Waals surface area contributed by atoms with Gasteiger partial charge in [-0.1, -0.05) is 17.3 Å². The van der Waals surface area contributed by atoms with Crippen LogP contribution < -0.4 is 0 Å². The minimum Gasteiger partial charge on any atom is -0.339 e. The van der Waals surface area contributed by atoms with Crippen molar-refractivity contribution in [3.8, 4) is 11.4 Å². The first-order chi connectivity index (χ1) is 12.9. The van der Waals surface area contributed by atoms with Crippen LogP contribution in [0.3, 0.4) is 0 Å². The van der Waals surface area contributed by atoms with Gasteiger partial charge in [-0.05, 0) is 24.3 Å². The Morgan fingerprint density at radius 3 is 2.70 bits per heavy atom. The zero-order valence-corrected chi connectivity index (χ0v) is 13.8. The molecular weight excluding hydrogens is 361 g/mol. The average molecular weight is 374 g/mol. The number of amides is 1. The lowest BCUT2D eigenvalue weighted by molar-refractivity contribution is -0.137. The Morgan fingerprint density at radius 2 is 2.00 bits per heavy atom. The molecule has 1 saturated heterocycles. The summed E-state index contributed by atoms with van der Waals surface area (Å²) < 4.78 is 43.7. The van der Waals surface area contributed by atoms with Gasteiger partial charge in [0.2, 0.25) is 11.7 Å². The van der Waals surface area contributed by atoms with Gasteiger partial charge in [0, 0.05) is 31.0 Å². The number of aromatic nitrogens is 3. The highest BCUT2D eigenvalue weighted by molar-refractivity contribution is 5.94. The van der Waals surface area contributed by atoms with Crippen LogP contribution >= 0.6 is 0 Å². The summed E-state index contributed by atoms with van der Waals surface area (Å²) in [4.78, 5) is 22.0. The third-order valence-corrected chi connectivity index (χ3v) is 4.32. The second kappa shape index (κ2) is 6.49. The van der Waals surface area contributed by atoms with Gasteiger partial charge in [0.1, 0.15) is 0 Å². The Kier molecular flexibility index (Phi) is 4.14. The van der Waals surface area contributed by atoms with E-state index < -0.39 is 11.7 Å². The molecule has 1 aliphatic rings. The number of rotatable bonds is 3. The van der Waals surface area contributed by atoms with E-state index in [0.717, 1.165) is 12.1 Å². The maximum Gasteiger partial charge on any atom is 0.416 e. The Hall–Kier alpha value is -3.23. The second-order valence-electron chi connectivity index (χ2n) is 6.18. The summed E-state index contributed by atoms with van der Waals surface area (Å²) in [6, 6.07) is 8.12. The zero-order chi connectivity index (χ0) is 19.0. The molecule has 4 rings (SSSR count). The third-order valence-electron chi connectivity index (χ3n) is 4.32. The van der Waals surface area contributed by atoms with Crippen molar-refractivity contribution in [2.24, 2.45) is 0 Å². The highest BCUT2D eigenvalue weighted by atomic mass is 19.4. The van der Waals surface area contributed by atoms with E-state index >= 15 is 0 Å². The summed E-state index contributed by atoms with van der Waals surface area (Å²) in [6.45, 7) is 0.801. The van der Waals surface area contributed by atoms with E-state index in [9.17, 15) is 18.0 Å². The maximum absolute atomic E-state index is 12.8. The van der Waals surface area contributed by atoms with Crippen molar-refractivity contribution in [3.05, 3.63) is 65.8 Å². The van der Waals surface area contributed by atoms with Crippen LogP contribution in [0.4, 0.5) is 13.2 Å². The molecule has 0 N–H and O–H groups in total. The minimum absolute atomic E-state index is 0.0909. The fourth-order valence-corrected chi connectivity index (χ4v) is 2.83. The molecule has 0 bridgehead atoms. The number of hydrogen-bond acceptors (Lipinski definition) is 5. The summed E-state index contributed by atoms with van der Waals surface area (Å²) in [5, 5.41) is 3.77.